The van der Waals surface area contributed by atoms with Crippen molar-refractivity contribution in [1.29, 1.82) is 0 Å². The maximum absolute atomic E-state index is 10.1. The molecule has 8 heteroatoms. The topological polar surface area (TPSA) is 136 Å². The van der Waals surface area contributed by atoms with Gasteiger partial charge in [-0.25, -0.2) is 0 Å². The summed E-state index contributed by atoms with van der Waals surface area (Å²) in [5.74, 6) is -0.235. The summed E-state index contributed by atoms with van der Waals surface area (Å²) in [5, 5.41) is 29.9. The number of Topliss-reactive ketones (excluding diaryl/α,β-unsaturated/α-hetero) is 1. The number of rotatable bonds is 5. The Morgan fingerprint density at radius 3 is 1.46 bits per heavy atom. The number of carbonyl (C=O) groups excluding carboxylic acids is 3. The van der Waals surface area contributed by atoms with Gasteiger partial charge in [0.25, 0.3) is 0 Å². The van der Waals surface area contributed by atoms with Crippen molar-refractivity contribution in [3.8, 4) is 0 Å². The normalized spacial score (nSPS) is 12.7. The molecule has 1 aliphatic rings. The summed E-state index contributed by atoms with van der Waals surface area (Å²) in [6.45, 7) is 7.13. The minimum Gasteiger partial charge on any atom is -0.395 e. The third kappa shape index (κ3) is 38.2. The number of ketones is 1. The average molecular weight is 379 g/mol. The minimum absolute atomic E-state index is 0.0135. The van der Waals surface area contributed by atoms with E-state index in [2.05, 4.69) is 10.6 Å². The Balaban J connectivity index is -0.000000274. The second kappa shape index (κ2) is 23.5. The van der Waals surface area contributed by atoms with Gasteiger partial charge in [0.2, 0.25) is 11.8 Å². The highest BCUT2D eigenvalue weighted by atomic mass is 16.3. The molecule has 0 heterocycles. The molecule has 1 saturated carbocycles. The summed E-state index contributed by atoms with van der Waals surface area (Å²) >= 11 is 0. The maximum atomic E-state index is 10.1. The molecule has 0 aromatic carbocycles. The van der Waals surface area contributed by atoms with Gasteiger partial charge < -0.3 is 26.0 Å². The summed E-state index contributed by atoms with van der Waals surface area (Å²) < 4.78 is 0. The minimum atomic E-state index is -0.333. The van der Waals surface area contributed by atoms with Crippen LogP contribution in [0.5, 0.6) is 0 Å². The molecule has 156 valence electrons. The predicted molar refractivity (Wildman–Crippen MR) is 102 cm³/mol. The van der Waals surface area contributed by atoms with Gasteiger partial charge in [0, 0.05) is 26.9 Å². The third-order valence-corrected chi connectivity index (χ3v) is 2.91. The molecule has 0 spiro atoms. The Labute approximate surface area is 157 Å². The standard InChI is InChI=1S/C6H12O.C5H11NO.C4H9NO2.C3H6O2/c7-6-4-2-1-3-5-6;1-3-4-6-5(2)7;1-4(7)5-2-3-6;1-3(5)2-4/h6-7H,1-5H2;3-4H2,1-2H3,(H,6,7);6H,2-3H2,1H3,(H,5,7);4H,2H2,1H3. The highest BCUT2D eigenvalue weighted by Gasteiger charge is 2.07. The van der Waals surface area contributed by atoms with Gasteiger partial charge in [-0.05, 0) is 26.2 Å². The molecule has 0 unspecified atom stereocenters. The highest BCUT2D eigenvalue weighted by Crippen LogP contribution is 2.16. The molecular weight excluding hydrogens is 340 g/mol. The van der Waals surface area contributed by atoms with Crippen molar-refractivity contribution in [2.45, 2.75) is 72.3 Å². The van der Waals surface area contributed by atoms with Gasteiger partial charge in [-0.2, -0.15) is 0 Å². The summed E-state index contributed by atoms with van der Waals surface area (Å²) in [5.41, 5.74) is 0. The molecule has 1 aliphatic carbocycles. The van der Waals surface area contributed by atoms with Crippen LogP contribution in [0.25, 0.3) is 0 Å². The largest absolute Gasteiger partial charge is 0.395 e. The van der Waals surface area contributed by atoms with Crippen molar-refractivity contribution in [2.24, 2.45) is 0 Å². The van der Waals surface area contributed by atoms with Crippen LogP contribution in [0, 0.1) is 0 Å². The van der Waals surface area contributed by atoms with Crippen molar-refractivity contribution in [3.63, 3.8) is 0 Å². The molecule has 1 fully saturated rings. The molecular formula is C18H38N2O6. The van der Waals surface area contributed by atoms with Crippen LogP contribution >= 0.6 is 0 Å². The first kappa shape index (κ1) is 29.3. The Morgan fingerprint density at radius 1 is 0.885 bits per heavy atom. The quantitative estimate of drug-likeness (QED) is 0.473. The van der Waals surface area contributed by atoms with Gasteiger partial charge in [0.05, 0.1) is 12.7 Å². The molecule has 0 bridgehead atoms. The van der Waals surface area contributed by atoms with Gasteiger partial charge >= 0.3 is 0 Å². The number of nitrogens with one attached hydrogen (secondary N) is 2. The van der Waals surface area contributed by atoms with Gasteiger partial charge in [-0.3, -0.25) is 14.4 Å². The van der Waals surface area contributed by atoms with Crippen molar-refractivity contribution in [2.75, 3.05) is 26.3 Å². The van der Waals surface area contributed by atoms with Gasteiger partial charge in [-0.15, -0.1) is 0 Å². The second-order valence-corrected chi connectivity index (χ2v) is 5.84. The monoisotopic (exact) mass is 378 g/mol. The van der Waals surface area contributed by atoms with Crippen LogP contribution < -0.4 is 10.6 Å². The smallest absolute Gasteiger partial charge is 0.216 e. The van der Waals surface area contributed by atoms with Crippen LogP contribution in [0.15, 0.2) is 0 Å². The van der Waals surface area contributed by atoms with Gasteiger partial charge in [0.1, 0.15) is 6.61 Å². The first-order valence-corrected chi connectivity index (χ1v) is 9.09. The van der Waals surface area contributed by atoms with Crippen molar-refractivity contribution >= 4 is 17.6 Å². The predicted octanol–water partition coefficient (Wildman–Crippen LogP) is 0.526. The summed E-state index contributed by atoms with van der Waals surface area (Å²) in [4.78, 5) is 29.6. The van der Waals surface area contributed by atoms with E-state index in [4.69, 9.17) is 15.3 Å². The van der Waals surface area contributed by atoms with E-state index >= 15 is 0 Å². The molecule has 0 radical (unpaired) electrons. The maximum Gasteiger partial charge on any atom is 0.216 e. The summed E-state index contributed by atoms with van der Waals surface area (Å²) in [7, 11) is 0. The van der Waals surface area contributed by atoms with E-state index in [1.165, 1.54) is 40.0 Å². The van der Waals surface area contributed by atoms with E-state index in [0.717, 1.165) is 25.8 Å². The number of aliphatic hydroxyl groups excluding tert-OH is 3. The number of aliphatic hydroxyl groups is 3. The van der Waals surface area contributed by atoms with Crippen LogP contribution in [0.2, 0.25) is 0 Å². The highest BCUT2D eigenvalue weighted by molar-refractivity contribution is 5.76. The molecule has 0 aliphatic heterocycles. The fourth-order valence-electron chi connectivity index (χ4n) is 1.61. The third-order valence-electron chi connectivity index (χ3n) is 2.91. The van der Waals surface area contributed by atoms with E-state index in [0.29, 0.717) is 6.54 Å². The lowest BCUT2D eigenvalue weighted by Gasteiger charge is -2.14. The Bertz CT molecular complexity index is 327. The van der Waals surface area contributed by atoms with Crippen LogP contribution in [-0.4, -0.2) is 65.3 Å². The van der Waals surface area contributed by atoms with E-state index in [1.54, 1.807) is 0 Å². The van der Waals surface area contributed by atoms with Crippen LogP contribution in [0.4, 0.5) is 0 Å². The summed E-state index contributed by atoms with van der Waals surface area (Å²) in [6, 6.07) is 0. The van der Waals surface area contributed by atoms with Crippen LogP contribution in [-0.2, 0) is 14.4 Å². The molecule has 26 heavy (non-hydrogen) atoms. The zero-order valence-corrected chi connectivity index (χ0v) is 16.7. The molecule has 0 saturated heterocycles. The molecule has 0 atom stereocenters. The summed E-state index contributed by atoms with van der Waals surface area (Å²) in [6.07, 6.45) is 6.94. The molecule has 8 nitrogen and oxygen atoms in total. The first-order valence-electron chi connectivity index (χ1n) is 9.09. The number of hydrogen-bond donors (Lipinski definition) is 5. The van der Waals surface area contributed by atoms with Gasteiger partial charge in [0.15, 0.2) is 5.78 Å². The van der Waals surface area contributed by atoms with E-state index in [9.17, 15) is 14.4 Å². The van der Waals surface area contributed by atoms with Crippen molar-refractivity contribution in [3.05, 3.63) is 0 Å². The Morgan fingerprint density at radius 2 is 1.31 bits per heavy atom. The second-order valence-electron chi connectivity index (χ2n) is 5.84. The van der Waals surface area contributed by atoms with Crippen LogP contribution in [0.1, 0.15) is 66.2 Å². The van der Waals surface area contributed by atoms with Crippen molar-refractivity contribution < 1.29 is 29.7 Å². The Kier molecular flexibility index (Phi) is 26.4. The van der Waals surface area contributed by atoms with E-state index < -0.39 is 0 Å². The fraction of sp³-hybridized carbons (Fsp3) is 0.833. The van der Waals surface area contributed by atoms with E-state index in [-0.39, 0.29) is 36.9 Å². The number of amides is 2. The Hall–Kier alpha value is -1.51. The average Bonchev–Trinajstić information content (AvgIpc) is 2.60. The first-order chi connectivity index (χ1) is 12.2. The van der Waals surface area contributed by atoms with Crippen LogP contribution in [0.3, 0.4) is 0 Å². The SMILES string of the molecule is CC(=O)CO.CC(=O)NCCO.CCCNC(C)=O.OC1CCCCC1. The fourth-order valence-corrected chi connectivity index (χ4v) is 1.61. The van der Waals surface area contributed by atoms with E-state index in [1.807, 2.05) is 6.92 Å². The number of carbonyl (C=O) groups is 3. The lowest BCUT2D eigenvalue weighted by molar-refractivity contribution is -0.120. The molecule has 2 amide bonds. The lowest BCUT2D eigenvalue weighted by Crippen LogP contribution is -2.22. The molecule has 5 N–H and O–H groups in total. The van der Waals surface area contributed by atoms with Crippen molar-refractivity contribution in [1.82, 2.24) is 10.6 Å². The molecule has 1 rings (SSSR count). The zero-order chi connectivity index (χ0) is 20.8. The lowest BCUT2D eigenvalue weighted by atomic mass is 9.98. The number of hydrogen-bond acceptors (Lipinski definition) is 6. The zero-order valence-electron chi connectivity index (χ0n) is 16.7. The molecule has 0 aromatic rings. The van der Waals surface area contributed by atoms with Gasteiger partial charge in [-0.1, -0.05) is 26.2 Å². The molecule has 0 aromatic heterocycles.